The highest BCUT2D eigenvalue weighted by Crippen LogP contribution is 2.44. The molecule has 0 radical (unpaired) electrons. The average Bonchev–Trinajstić information content (AvgIpc) is 2.73. The van der Waals surface area contributed by atoms with Crippen molar-refractivity contribution >= 4 is 33.2 Å². The van der Waals surface area contributed by atoms with Crippen LogP contribution in [0.5, 0.6) is 0 Å². The second-order valence-corrected chi connectivity index (χ2v) is 5.87. The molecule has 0 aromatic heterocycles. The van der Waals surface area contributed by atoms with E-state index >= 15 is 0 Å². The summed E-state index contributed by atoms with van der Waals surface area (Å²) >= 11 is 3.40. The molecule has 2 aliphatic heterocycles. The number of nitrogens with one attached hydrogen (secondary N) is 1. The molecule has 0 bridgehead atoms. The monoisotopic (exact) mass is 330 g/mol. The molecule has 0 spiro atoms. The van der Waals surface area contributed by atoms with Gasteiger partial charge in [0.25, 0.3) is 5.91 Å². The number of halogens is 1. The SMILES string of the molecule is O=C1c2ccccc2N[C@H]2[C@H](O)c3cc(Br)ccc3N12. The first-order chi connectivity index (χ1) is 9.66. The van der Waals surface area contributed by atoms with Crippen molar-refractivity contribution in [3.05, 3.63) is 58.1 Å². The van der Waals surface area contributed by atoms with Crippen molar-refractivity contribution in [3.8, 4) is 0 Å². The van der Waals surface area contributed by atoms with Gasteiger partial charge < -0.3 is 10.4 Å². The Hall–Kier alpha value is -1.85. The number of hydrogen-bond donors (Lipinski definition) is 2. The summed E-state index contributed by atoms with van der Waals surface area (Å²) in [6.07, 6.45) is -1.18. The minimum absolute atomic E-state index is 0.0792. The summed E-state index contributed by atoms with van der Waals surface area (Å²) in [5, 5.41) is 13.7. The molecule has 2 atom stereocenters. The van der Waals surface area contributed by atoms with Crippen LogP contribution in [-0.4, -0.2) is 17.2 Å². The minimum atomic E-state index is -0.736. The van der Waals surface area contributed by atoms with Crippen LogP contribution in [0.2, 0.25) is 0 Å². The van der Waals surface area contributed by atoms with Gasteiger partial charge in [-0.05, 0) is 30.3 Å². The molecule has 2 heterocycles. The van der Waals surface area contributed by atoms with Crippen molar-refractivity contribution < 1.29 is 9.90 Å². The molecule has 2 aromatic rings. The standard InChI is InChI=1S/C15H11BrN2O2/c16-8-5-6-12-10(7-8)13(19)14-17-11-4-2-1-3-9(11)15(20)18(12)14/h1-7,13-14,17,19H/t13-,14-/m1/s1. The summed E-state index contributed by atoms with van der Waals surface area (Å²) < 4.78 is 0.889. The number of hydrogen-bond acceptors (Lipinski definition) is 3. The fourth-order valence-electron chi connectivity index (χ4n) is 2.91. The van der Waals surface area contributed by atoms with Gasteiger partial charge in [-0.25, -0.2) is 0 Å². The fourth-order valence-corrected chi connectivity index (χ4v) is 3.29. The maximum Gasteiger partial charge on any atom is 0.262 e. The van der Waals surface area contributed by atoms with Gasteiger partial charge in [-0.15, -0.1) is 0 Å². The van der Waals surface area contributed by atoms with E-state index in [0.29, 0.717) is 5.56 Å². The first kappa shape index (κ1) is 11.9. The zero-order chi connectivity index (χ0) is 13.9. The molecule has 0 aliphatic carbocycles. The zero-order valence-corrected chi connectivity index (χ0v) is 12.0. The lowest BCUT2D eigenvalue weighted by Gasteiger charge is -2.34. The van der Waals surface area contributed by atoms with Crippen LogP contribution < -0.4 is 10.2 Å². The number of rotatable bonds is 0. The van der Waals surface area contributed by atoms with Gasteiger partial charge in [0.2, 0.25) is 0 Å². The number of fused-ring (bicyclic) bond motifs is 4. The largest absolute Gasteiger partial charge is 0.384 e. The van der Waals surface area contributed by atoms with Gasteiger partial charge in [0.15, 0.2) is 0 Å². The van der Waals surface area contributed by atoms with Crippen LogP contribution in [0.4, 0.5) is 11.4 Å². The topological polar surface area (TPSA) is 52.6 Å². The van der Waals surface area contributed by atoms with E-state index in [9.17, 15) is 9.90 Å². The molecule has 0 saturated carbocycles. The van der Waals surface area contributed by atoms with E-state index in [4.69, 9.17) is 0 Å². The van der Waals surface area contributed by atoms with E-state index in [1.807, 2.05) is 36.4 Å². The number of benzene rings is 2. The molecule has 0 fully saturated rings. The number of carbonyl (C=O) groups is 1. The lowest BCUT2D eigenvalue weighted by molar-refractivity contribution is 0.0941. The van der Waals surface area contributed by atoms with Crippen molar-refractivity contribution in [2.45, 2.75) is 12.3 Å². The molecule has 2 aliphatic rings. The molecule has 20 heavy (non-hydrogen) atoms. The Kier molecular flexibility index (Phi) is 2.43. The molecular weight excluding hydrogens is 320 g/mol. The van der Waals surface area contributed by atoms with Crippen molar-refractivity contribution in [1.29, 1.82) is 0 Å². The van der Waals surface area contributed by atoms with E-state index in [0.717, 1.165) is 21.4 Å². The van der Waals surface area contributed by atoms with Gasteiger partial charge in [0, 0.05) is 15.7 Å². The van der Waals surface area contributed by atoms with E-state index in [1.165, 1.54) is 0 Å². The second-order valence-electron chi connectivity index (χ2n) is 4.96. The summed E-state index contributed by atoms with van der Waals surface area (Å²) in [6, 6.07) is 13.0. The van der Waals surface area contributed by atoms with Crippen molar-refractivity contribution in [2.24, 2.45) is 0 Å². The molecule has 5 heteroatoms. The molecule has 0 saturated heterocycles. The van der Waals surface area contributed by atoms with Crippen LogP contribution in [-0.2, 0) is 0 Å². The average molecular weight is 331 g/mol. The van der Waals surface area contributed by atoms with Gasteiger partial charge in [0.05, 0.1) is 11.3 Å². The molecular formula is C15H11BrN2O2. The highest BCUT2D eigenvalue weighted by atomic mass is 79.9. The van der Waals surface area contributed by atoms with Crippen LogP contribution in [0.25, 0.3) is 0 Å². The first-order valence-electron chi connectivity index (χ1n) is 6.33. The third-order valence-corrected chi connectivity index (χ3v) is 4.32. The summed E-state index contributed by atoms with van der Waals surface area (Å²) in [5.41, 5.74) is 2.92. The summed E-state index contributed by atoms with van der Waals surface area (Å²) in [4.78, 5) is 14.3. The number of aliphatic hydroxyl groups is 1. The maximum atomic E-state index is 12.7. The summed E-state index contributed by atoms with van der Waals surface area (Å²) in [6.45, 7) is 0. The number of amides is 1. The molecule has 1 amide bonds. The van der Waals surface area contributed by atoms with Gasteiger partial charge in [-0.2, -0.15) is 0 Å². The fraction of sp³-hybridized carbons (Fsp3) is 0.133. The van der Waals surface area contributed by atoms with Crippen LogP contribution in [0.3, 0.4) is 0 Å². The van der Waals surface area contributed by atoms with E-state index in [2.05, 4.69) is 21.2 Å². The number of nitrogens with zero attached hydrogens (tertiary/aromatic N) is 1. The summed E-state index contributed by atoms with van der Waals surface area (Å²) in [5.74, 6) is -0.0792. The predicted molar refractivity (Wildman–Crippen MR) is 79.8 cm³/mol. The minimum Gasteiger partial charge on any atom is -0.384 e. The summed E-state index contributed by atoms with van der Waals surface area (Å²) in [7, 11) is 0. The van der Waals surface area contributed by atoms with Crippen LogP contribution in [0, 0.1) is 0 Å². The Morgan fingerprint density at radius 3 is 2.85 bits per heavy atom. The van der Waals surface area contributed by atoms with Crippen molar-refractivity contribution in [1.82, 2.24) is 0 Å². The molecule has 2 aromatic carbocycles. The van der Waals surface area contributed by atoms with Crippen LogP contribution in [0.1, 0.15) is 22.0 Å². The molecule has 2 N–H and O–H groups in total. The lowest BCUT2D eigenvalue weighted by Crippen LogP contribution is -2.48. The number of carbonyl (C=O) groups excluding carboxylic acids is 1. The Labute approximate surface area is 124 Å². The smallest absolute Gasteiger partial charge is 0.262 e. The molecule has 4 rings (SSSR count). The van der Waals surface area contributed by atoms with Crippen LogP contribution in [0.15, 0.2) is 46.9 Å². The molecule has 4 nitrogen and oxygen atoms in total. The first-order valence-corrected chi connectivity index (χ1v) is 7.13. The molecule has 100 valence electrons. The van der Waals surface area contributed by atoms with Crippen molar-refractivity contribution in [2.75, 3.05) is 10.2 Å². The maximum absolute atomic E-state index is 12.7. The van der Waals surface area contributed by atoms with Gasteiger partial charge in [-0.1, -0.05) is 28.1 Å². The van der Waals surface area contributed by atoms with Gasteiger partial charge >= 0.3 is 0 Å². The number of para-hydroxylation sites is 1. The normalized spacial score (nSPS) is 22.9. The van der Waals surface area contributed by atoms with Crippen LogP contribution >= 0.6 is 15.9 Å². The number of aliphatic hydroxyl groups excluding tert-OH is 1. The van der Waals surface area contributed by atoms with E-state index in [-0.39, 0.29) is 5.91 Å². The zero-order valence-electron chi connectivity index (χ0n) is 10.4. The second kappa shape index (κ2) is 4.07. The third kappa shape index (κ3) is 1.47. The third-order valence-electron chi connectivity index (χ3n) is 3.82. The Morgan fingerprint density at radius 2 is 2.00 bits per heavy atom. The Morgan fingerprint density at radius 1 is 1.20 bits per heavy atom. The Bertz CT molecular complexity index is 732. The number of anilines is 2. The highest BCUT2D eigenvalue weighted by Gasteiger charge is 2.44. The predicted octanol–water partition coefficient (Wildman–Crippen LogP) is 2.89. The van der Waals surface area contributed by atoms with Gasteiger partial charge in [-0.3, -0.25) is 9.69 Å². The lowest BCUT2D eigenvalue weighted by atomic mass is 10.1. The quantitative estimate of drug-likeness (QED) is 0.780. The van der Waals surface area contributed by atoms with E-state index < -0.39 is 12.3 Å². The van der Waals surface area contributed by atoms with E-state index in [1.54, 1.807) is 11.0 Å². The van der Waals surface area contributed by atoms with Gasteiger partial charge in [0.1, 0.15) is 12.3 Å². The highest BCUT2D eigenvalue weighted by molar-refractivity contribution is 9.10. The Balaban J connectivity index is 1.90. The van der Waals surface area contributed by atoms with Crippen molar-refractivity contribution in [3.63, 3.8) is 0 Å². The molecule has 0 unspecified atom stereocenters.